The Bertz CT molecular complexity index is 327. The van der Waals surface area contributed by atoms with E-state index in [1.807, 2.05) is 25.1 Å². The fraction of sp³-hybridized carbons (Fsp3) is 0.455. The third-order valence-electron chi connectivity index (χ3n) is 2.50. The molecule has 0 saturated carbocycles. The number of rotatable bonds is 4. The van der Waals surface area contributed by atoms with E-state index in [4.69, 9.17) is 5.73 Å². The van der Waals surface area contributed by atoms with Crippen molar-refractivity contribution in [3.05, 3.63) is 30.1 Å². The maximum Gasteiger partial charge on any atom is 0.306 e. The topological polar surface area (TPSA) is 65.2 Å². The van der Waals surface area contributed by atoms with Crippen LogP contribution in [0.25, 0.3) is 0 Å². The lowest BCUT2D eigenvalue weighted by Crippen LogP contribution is -2.35. The van der Waals surface area contributed by atoms with Gasteiger partial charge in [0, 0.05) is 23.9 Å². The van der Waals surface area contributed by atoms with Gasteiger partial charge in [-0.3, -0.25) is 9.78 Å². The van der Waals surface area contributed by atoms with Gasteiger partial charge < -0.3 is 10.5 Å². The quantitative estimate of drug-likeness (QED) is 0.745. The summed E-state index contributed by atoms with van der Waals surface area (Å²) in [4.78, 5) is 15.5. The third-order valence-corrected chi connectivity index (χ3v) is 2.50. The summed E-state index contributed by atoms with van der Waals surface area (Å²) in [6, 6.07) is 5.59. The van der Waals surface area contributed by atoms with Crippen LogP contribution in [0.5, 0.6) is 0 Å². The van der Waals surface area contributed by atoms with Gasteiger partial charge in [0.1, 0.15) is 0 Å². The minimum absolute atomic E-state index is 0.247. The summed E-state index contributed by atoms with van der Waals surface area (Å²) in [6.07, 6.45) is 1.94. The lowest BCUT2D eigenvalue weighted by atomic mass is 9.83. The van der Waals surface area contributed by atoms with Crippen molar-refractivity contribution in [1.29, 1.82) is 0 Å². The zero-order chi connectivity index (χ0) is 11.3. The first-order valence-electron chi connectivity index (χ1n) is 4.81. The molecule has 0 spiro atoms. The van der Waals surface area contributed by atoms with Crippen molar-refractivity contribution in [2.75, 3.05) is 13.7 Å². The van der Waals surface area contributed by atoms with Crippen LogP contribution in [-0.4, -0.2) is 24.6 Å². The number of carbonyl (C=O) groups excluding carboxylic acids is 1. The molecule has 0 aliphatic heterocycles. The summed E-state index contributed by atoms with van der Waals surface area (Å²) in [5.41, 5.74) is 6.06. The molecule has 1 unspecified atom stereocenters. The highest BCUT2D eigenvalue weighted by atomic mass is 16.5. The first kappa shape index (κ1) is 11.7. The highest BCUT2D eigenvalue weighted by Gasteiger charge is 2.29. The van der Waals surface area contributed by atoms with E-state index in [9.17, 15) is 4.79 Å². The molecule has 0 saturated heterocycles. The van der Waals surface area contributed by atoms with Crippen molar-refractivity contribution < 1.29 is 9.53 Å². The van der Waals surface area contributed by atoms with Crippen molar-refractivity contribution >= 4 is 5.97 Å². The maximum atomic E-state index is 11.3. The van der Waals surface area contributed by atoms with Gasteiger partial charge in [0.25, 0.3) is 0 Å². The summed E-state index contributed by atoms with van der Waals surface area (Å²) in [5, 5.41) is 0. The van der Waals surface area contributed by atoms with Gasteiger partial charge in [0.15, 0.2) is 0 Å². The average molecular weight is 208 g/mol. The number of methoxy groups -OCH3 is 1. The molecule has 1 atom stereocenters. The summed E-state index contributed by atoms with van der Waals surface area (Å²) < 4.78 is 4.65. The lowest BCUT2D eigenvalue weighted by Gasteiger charge is -2.25. The zero-order valence-corrected chi connectivity index (χ0v) is 9.06. The fourth-order valence-electron chi connectivity index (χ4n) is 1.38. The Hall–Kier alpha value is -1.42. The van der Waals surface area contributed by atoms with E-state index in [1.165, 1.54) is 7.11 Å². The van der Waals surface area contributed by atoms with Gasteiger partial charge in [-0.15, -0.1) is 0 Å². The molecule has 0 aliphatic carbocycles. The van der Waals surface area contributed by atoms with Crippen molar-refractivity contribution in [1.82, 2.24) is 4.98 Å². The van der Waals surface area contributed by atoms with Crippen LogP contribution in [0, 0.1) is 0 Å². The van der Waals surface area contributed by atoms with Crippen LogP contribution in [-0.2, 0) is 14.9 Å². The molecule has 1 aromatic rings. The molecule has 0 fully saturated rings. The van der Waals surface area contributed by atoms with E-state index in [0.29, 0.717) is 6.54 Å². The molecule has 82 valence electrons. The Kier molecular flexibility index (Phi) is 3.80. The molecule has 0 radical (unpaired) electrons. The second-order valence-electron chi connectivity index (χ2n) is 3.73. The van der Waals surface area contributed by atoms with Crippen LogP contribution in [0.15, 0.2) is 24.4 Å². The summed E-state index contributed by atoms with van der Waals surface area (Å²) in [5.74, 6) is -0.270. The number of carbonyl (C=O) groups is 1. The van der Waals surface area contributed by atoms with Crippen molar-refractivity contribution in [3.63, 3.8) is 0 Å². The van der Waals surface area contributed by atoms with Crippen LogP contribution < -0.4 is 5.73 Å². The number of nitrogens with two attached hydrogens (primary N) is 1. The molecular weight excluding hydrogens is 192 g/mol. The van der Waals surface area contributed by atoms with E-state index >= 15 is 0 Å². The normalized spacial score (nSPS) is 14.3. The van der Waals surface area contributed by atoms with Crippen LogP contribution in [0.4, 0.5) is 0 Å². The van der Waals surface area contributed by atoms with Gasteiger partial charge in [-0.05, 0) is 12.1 Å². The molecule has 0 bridgehead atoms. The second-order valence-corrected chi connectivity index (χ2v) is 3.73. The molecule has 15 heavy (non-hydrogen) atoms. The van der Waals surface area contributed by atoms with E-state index < -0.39 is 5.41 Å². The minimum Gasteiger partial charge on any atom is -0.469 e. The summed E-state index contributed by atoms with van der Waals surface area (Å²) in [6.45, 7) is 2.27. The van der Waals surface area contributed by atoms with Crippen LogP contribution in [0.3, 0.4) is 0 Å². The number of nitrogens with zero attached hydrogens (tertiary/aromatic N) is 1. The number of hydrogen-bond acceptors (Lipinski definition) is 4. The van der Waals surface area contributed by atoms with Crippen molar-refractivity contribution in [2.45, 2.75) is 18.8 Å². The van der Waals surface area contributed by atoms with Gasteiger partial charge in [0.2, 0.25) is 0 Å². The largest absolute Gasteiger partial charge is 0.469 e. The molecule has 4 heteroatoms. The average Bonchev–Trinajstić information content (AvgIpc) is 2.30. The lowest BCUT2D eigenvalue weighted by molar-refractivity contribution is -0.142. The van der Waals surface area contributed by atoms with Crippen molar-refractivity contribution in [2.24, 2.45) is 5.73 Å². The van der Waals surface area contributed by atoms with E-state index in [0.717, 1.165) is 5.69 Å². The SMILES string of the molecule is COC(=O)CC(C)(CN)c1ccccn1. The predicted octanol–water partition coefficient (Wildman–Crippen LogP) is 0.861. The highest BCUT2D eigenvalue weighted by molar-refractivity contribution is 5.71. The molecule has 0 amide bonds. The molecule has 1 aromatic heterocycles. The third kappa shape index (κ3) is 2.76. The Morgan fingerprint density at radius 3 is 2.80 bits per heavy atom. The molecular formula is C11H16N2O2. The maximum absolute atomic E-state index is 11.3. The van der Waals surface area contributed by atoms with Gasteiger partial charge >= 0.3 is 5.97 Å². The number of aromatic nitrogens is 1. The smallest absolute Gasteiger partial charge is 0.306 e. The van der Waals surface area contributed by atoms with E-state index in [1.54, 1.807) is 6.20 Å². The van der Waals surface area contributed by atoms with Crippen LogP contribution in [0.2, 0.25) is 0 Å². The minimum atomic E-state index is -0.450. The van der Waals surface area contributed by atoms with Gasteiger partial charge in [0.05, 0.1) is 13.5 Å². The predicted molar refractivity (Wildman–Crippen MR) is 57.3 cm³/mol. The first-order valence-corrected chi connectivity index (χ1v) is 4.81. The van der Waals surface area contributed by atoms with Gasteiger partial charge in [-0.1, -0.05) is 13.0 Å². The molecule has 4 nitrogen and oxygen atoms in total. The zero-order valence-electron chi connectivity index (χ0n) is 9.06. The summed E-state index contributed by atoms with van der Waals surface area (Å²) in [7, 11) is 1.37. The standard InChI is InChI=1S/C11H16N2O2/c1-11(8-12,7-10(14)15-2)9-5-3-4-6-13-9/h3-6H,7-8,12H2,1-2H3. The molecule has 1 heterocycles. The Morgan fingerprint density at radius 1 is 1.60 bits per heavy atom. The number of ether oxygens (including phenoxy) is 1. The molecule has 0 aromatic carbocycles. The first-order chi connectivity index (χ1) is 7.12. The van der Waals surface area contributed by atoms with Gasteiger partial charge in [-0.25, -0.2) is 0 Å². The molecule has 1 rings (SSSR count). The van der Waals surface area contributed by atoms with Crippen LogP contribution in [0.1, 0.15) is 19.0 Å². The second kappa shape index (κ2) is 4.89. The van der Waals surface area contributed by atoms with Crippen LogP contribution >= 0.6 is 0 Å². The molecule has 0 aliphatic rings. The number of pyridine rings is 1. The number of esters is 1. The fourth-order valence-corrected chi connectivity index (χ4v) is 1.38. The Labute approximate surface area is 89.5 Å². The number of hydrogen-bond donors (Lipinski definition) is 1. The summed E-state index contributed by atoms with van der Waals surface area (Å²) >= 11 is 0. The van der Waals surface area contributed by atoms with E-state index in [-0.39, 0.29) is 12.4 Å². The van der Waals surface area contributed by atoms with E-state index in [2.05, 4.69) is 9.72 Å². The Balaban J connectivity index is 2.90. The monoisotopic (exact) mass is 208 g/mol. The van der Waals surface area contributed by atoms with Crippen molar-refractivity contribution in [3.8, 4) is 0 Å². The molecule has 2 N–H and O–H groups in total. The Morgan fingerprint density at radius 2 is 2.33 bits per heavy atom. The highest BCUT2D eigenvalue weighted by Crippen LogP contribution is 2.24. The van der Waals surface area contributed by atoms with Gasteiger partial charge in [-0.2, -0.15) is 0 Å².